The van der Waals surface area contributed by atoms with E-state index in [4.69, 9.17) is 6.42 Å². The third-order valence-electron chi connectivity index (χ3n) is 2.31. The molecule has 0 radical (unpaired) electrons. The fourth-order valence-electron chi connectivity index (χ4n) is 1.55. The fourth-order valence-corrected chi connectivity index (χ4v) is 2.48. The van der Waals surface area contributed by atoms with Gasteiger partial charge >= 0.3 is 0 Å². The van der Waals surface area contributed by atoms with E-state index in [9.17, 15) is 0 Å². The summed E-state index contributed by atoms with van der Waals surface area (Å²) in [5, 5.41) is 7.34. The number of aromatic nitrogens is 1. The molecule has 19 heavy (non-hydrogen) atoms. The Morgan fingerprint density at radius 3 is 2.68 bits per heavy atom. The normalized spacial score (nSPS) is 10.5. The number of guanidine groups is 1. The van der Waals surface area contributed by atoms with Crippen molar-refractivity contribution in [3.05, 3.63) is 15.6 Å². The molecular weight excluding hydrogens is 371 g/mol. The smallest absolute Gasteiger partial charge is 0.192 e. The zero-order valence-electron chi connectivity index (χ0n) is 11.6. The monoisotopic (exact) mass is 392 g/mol. The fraction of sp³-hybridized carbons (Fsp3) is 0.538. The third-order valence-corrected chi connectivity index (χ3v) is 3.44. The molecule has 1 rings (SSSR count). The van der Waals surface area contributed by atoms with Crippen LogP contribution >= 0.6 is 35.3 Å². The van der Waals surface area contributed by atoms with Gasteiger partial charge in [0.2, 0.25) is 0 Å². The molecule has 0 aromatic carbocycles. The highest BCUT2D eigenvalue weighted by molar-refractivity contribution is 14.0. The maximum atomic E-state index is 5.21. The maximum absolute atomic E-state index is 5.21. The van der Waals surface area contributed by atoms with E-state index in [1.165, 1.54) is 4.88 Å². The molecule has 0 aliphatic rings. The van der Waals surface area contributed by atoms with Crippen LogP contribution in [0.5, 0.6) is 0 Å². The summed E-state index contributed by atoms with van der Waals surface area (Å²) in [5.41, 5.74) is 1.12. The van der Waals surface area contributed by atoms with Crippen LogP contribution in [0.1, 0.15) is 22.5 Å². The van der Waals surface area contributed by atoms with Crippen LogP contribution in [0.2, 0.25) is 0 Å². The topological polar surface area (TPSA) is 49.3 Å². The first-order valence-corrected chi connectivity index (χ1v) is 6.87. The van der Waals surface area contributed by atoms with Crippen LogP contribution in [0.25, 0.3) is 0 Å². The number of hydrogen-bond acceptors (Lipinski definition) is 3. The van der Waals surface area contributed by atoms with Crippen molar-refractivity contribution in [2.24, 2.45) is 4.99 Å². The second-order valence-electron chi connectivity index (χ2n) is 3.81. The number of thiazole rings is 1. The minimum Gasteiger partial charge on any atom is -0.357 e. The van der Waals surface area contributed by atoms with Gasteiger partial charge in [-0.2, -0.15) is 0 Å². The van der Waals surface area contributed by atoms with Gasteiger partial charge in [0.15, 0.2) is 5.96 Å². The van der Waals surface area contributed by atoms with Crippen molar-refractivity contribution < 1.29 is 0 Å². The first kappa shape index (κ1) is 18.2. The zero-order valence-corrected chi connectivity index (χ0v) is 14.8. The molecule has 0 saturated heterocycles. The predicted octanol–water partition coefficient (Wildman–Crippen LogP) is 2.11. The second-order valence-corrected chi connectivity index (χ2v) is 5.10. The van der Waals surface area contributed by atoms with E-state index in [0.29, 0.717) is 6.54 Å². The summed E-state index contributed by atoms with van der Waals surface area (Å²) in [6.45, 7) is 8.17. The van der Waals surface area contributed by atoms with Gasteiger partial charge in [-0.15, -0.1) is 41.7 Å². The Morgan fingerprint density at radius 1 is 1.42 bits per heavy atom. The lowest BCUT2D eigenvalue weighted by atomic mass is 10.3. The number of aryl methyl sites for hydroxylation is 2. The predicted molar refractivity (Wildman–Crippen MR) is 93.5 cm³/mol. The van der Waals surface area contributed by atoms with Gasteiger partial charge in [-0.25, -0.2) is 4.98 Å². The molecule has 0 amide bonds. The molecule has 0 atom stereocenters. The van der Waals surface area contributed by atoms with Gasteiger partial charge in [0.25, 0.3) is 0 Å². The van der Waals surface area contributed by atoms with Crippen molar-refractivity contribution in [3.63, 3.8) is 0 Å². The van der Waals surface area contributed by atoms with Crippen molar-refractivity contribution in [2.45, 2.75) is 27.2 Å². The minimum atomic E-state index is 0. The summed E-state index contributed by atoms with van der Waals surface area (Å²) in [4.78, 5) is 10.2. The molecule has 1 aromatic rings. The quantitative estimate of drug-likeness (QED) is 0.349. The summed E-state index contributed by atoms with van der Waals surface area (Å²) >= 11 is 1.74. The van der Waals surface area contributed by atoms with Gasteiger partial charge in [-0.05, 0) is 20.8 Å². The molecule has 2 N–H and O–H groups in total. The molecular formula is C13H21IN4S. The summed E-state index contributed by atoms with van der Waals surface area (Å²) in [5.74, 6) is 3.31. The molecule has 0 saturated carbocycles. The first-order valence-electron chi connectivity index (χ1n) is 6.06. The average molecular weight is 392 g/mol. The Kier molecular flexibility index (Phi) is 9.61. The molecule has 0 fully saturated rings. The van der Waals surface area contributed by atoms with Gasteiger partial charge in [0, 0.05) is 24.4 Å². The largest absolute Gasteiger partial charge is 0.357 e. The molecule has 0 aliphatic carbocycles. The van der Waals surface area contributed by atoms with Crippen LogP contribution in [0.15, 0.2) is 4.99 Å². The van der Waals surface area contributed by atoms with Crippen LogP contribution in [0.4, 0.5) is 0 Å². The third kappa shape index (κ3) is 6.78. The Bertz CT molecular complexity index is 448. The molecule has 4 nitrogen and oxygen atoms in total. The van der Waals surface area contributed by atoms with Gasteiger partial charge in [-0.3, -0.25) is 4.99 Å². The Balaban J connectivity index is 0.00000324. The van der Waals surface area contributed by atoms with E-state index >= 15 is 0 Å². The summed E-state index contributed by atoms with van der Waals surface area (Å²) < 4.78 is 0. The number of terminal acetylenes is 1. The molecule has 6 heteroatoms. The van der Waals surface area contributed by atoms with Gasteiger partial charge in [0.05, 0.1) is 17.2 Å². The van der Waals surface area contributed by atoms with Crippen molar-refractivity contribution in [1.82, 2.24) is 15.6 Å². The number of rotatable bonds is 5. The van der Waals surface area contributed by atoms with Crippen molar-refractivity contribution in [2.75, 3.05) is 19.6 Å². The van der Waals surface area contributed by atoms with E-state index in [0.717, 1.165) is 36.2 Å². The molecule has 0 unspecified atom stereocenters. The highest BCUT2D eigenvalue weighted by Gasteiger charge is 2.04. The van der Waals surface area contributed by atoms with Crippen LogP contribution < -0.4 is 10.6 Å². The Labute approximate surface area is 136 Å². The van der Waals surface area contributed by atoms with Gasteiger partial charge < -0.3 is 10.6 Å². The average Bonchev–Trinajstić information content (AvgIpc) is 2.65. The summed E-state index contributed by atoms with van der Waals surface area (Å²) in [6, 6.07) is 0. The van der Waals surface area contributed by atoms with Crippen molar-refractivity contribution in [1.29, 1.82) is 0 Å². The lowest BCUT2D eigenvalue weighted by Gasteiger charge is -2.08. The van der Waals surface area contributed by atoms with Gasteiger partial charge in [0.1, 0.15) is 0 Å². The number of hydrogen-bond donors (Lipinski definition) is 2. The maximum Gasteiger partial charge on any atom is 0.192 e. The Morgan fingerprint density at radius 2 is 2.16 bits per heavy atom. The number of halogens is 1. The van der Waals surface area contributed by atoms with E-state index in [-0.39, 0.29) is 24.0 Å². The lowest BCUT2D eigenvalue weighted by molar-refractivity contribution is 0.856. The summed E-state index contributed by atoms with van der Waals surface area (Å²) in [7, 11) is 0. The molecule has 0 bridgehead atoms. The highest BCUT2D eigenvalue weighted by atomic mass is 127. The van der Waals surface area contributed by atoms with E-state index in [2.05, 4.69) is 26.5 Å². The first-order chi connectivity index (χ1) is 8.67. The van der Waals surface area contributed by atoms with E-state index in [1.807, 2.05) is 20.8 Å². The van der Waals surface area contributed by atoms with Crippen LogP contribution in [0.3, 0.4) is 0 Å². The SMILES string of the molecule is C#CCNC(=NCCc1sc(C)nc1C)NCC.I. The number of aliphatic imine (C=N–C) groups is 1. The minimum absolute atomic E-state index is 0. The number of nitrogens with one attached hydrogen (secondary N) is 2. The van der Waals surface area contributed by atoms with Crippen LogP contribution in [-0.2, 0) is 6.42 Å². The van der Waals surface area contributed by atoms with Crippen LogP contribution in [-0.4, -0.2) is 30.6 Å². The zero-order chi connectivity index (χ0) is 13.4. The molecule has 0 aliphatic heterocycles. The molecule has 106 valence electrons. The van der Waals surface area contributed by atoms with Crippen LogP contribution in [0, 0.1) is 26.2 Å². The standard InChI is InChI=1S/C13H20N4S.HI/c1-5-8-15-13(14-6-2)16-9-7-12-10(3)17-11(4)18-12;/h1H,6-9H2,2-4H3,(H2,14,15,16);1H. The molecule has 1 heterocycles. The van der Waals surface area contributed by atoms with E-state index in [1.54, 1.807) is 11.3 Å². The Hall–Kier alpha value is -0.810. The molecule has 0 spiro atoms. The summed E-state index contributed by atoms with van der Waals surface area (Å²) in [6.07, 6.45) is 6.13. The van der Waals surface area contributed by atoms with Crippen molar-refractivity contribution in [3.8, 4) is 12.3 Å². The number of nitrogens with zero attached hydrogens (tertiary/aromatic N) is 2. The molecule has 1 aromatic heterocycles. The second kappa shape index (κ2) is 10.0. The van der Waals surface area contributed by atoms with Crippen molar-refractivity contribution >= 4 is 41.3 Å². The highest BCUT2D eigenvalue weighted by Crippen LogP contribution is 2.17. The van der Waals surface area contributed by atoms with Gasteiger partial charge in [-0.1, -0.05) is 5.92 Å². The van der Waals surface area contributed by atoms with E-state index < -0.39 is 0 Å². The lowest BCUT2D eigenvalue weighted by Crippen LogP contribution is -2.37.